The fraction of sp³-hybridized carbons (Fsp3) is 0.316. The number of carbonyl (C=O) groups is 1. The zero-order valence-corrected chi connectivity index (χ0v) is 17.1. The van der Waals surface area contributed by atoms with E-state index < -0.39 is 0 Å². The number of thiophene rings is 1. The Kier molecular flexibility index (Phi) is 6.88. The highest BCUT2D eigenvalue weighted by atomic mass is 35.5. The number of hydrogen-bond acceptors (Lipinski definition) is 5. The van der Waals surface area contributed by atoms with Crippen molar-refractivity contribution in [2.45, 2.75) is 25.7 Å². The molecule has 27 heavy (non-hydrogen) atoms. The van der Waals surface area contributed by atoms with Gasteiger partial charge < -0.3 is 10.1 Å². The lowest BCUT2D eigenvalue weighted by molar-refractivity contribution is -0.123. The minimum atomic E-state index is -0.205. The second-order valence-corrected chi connectivity index (χ2v) is 7.80. The molecule has 1 amide bonds. The average Bonchev–Trinajstić information content (AvgIpc) is 3.13. The van der Waals surface area contributed by atoms with Crippen LogP contribution in [0.25, 0.3) is 10.2 Å². The van der Waals surface area contributed by atoms with Crippen molar-refractivity contribution < 1.29 is 9.53 Å². The number of fused-ring (bicyclic) bond motifs is 1. The first-order valence-electron chi connectivity index (χ1n) is 8.61. The van der Waals surface area contributed by atoms with Gasteiger partial charge in [0.15, 0.2) is 6.61 Å². The van der Waals surface area contributed by atoms with E-state index >= 15 is 0 Å². The number of amides is 1. The van der Waals surface area contributed by atoms with Gasteiger partial charge in [-0.15, -0.1) is 11.3 Å². The van der Waals surface area contributed by atoms with Crippen LogP contribution in [0.5, 0.6) is 5.88 Å². The highest BCUT2D eigenvalue weighted by Gasteiger charge is 2.16. The highest BCUT2D eigenvalue weighted by Crippen LogP contribution is 2.30. The van der Waals surface area contributed by atoms with Crippen molar-refractivity contribution in [3.8, 4) is 5.88 Å². The Hall–Kier alpha value is -1.89. The zero-order chi connectivity index (χ0) is 19.2. The molecule has 2 heterocycles. The van der Waals surface area contributed by atoms with E-state index in [1.165, 1.54) is 17.7 Å². The molecule has 5 nitrogen and oxygen atoms in total. The lowest BCUT2D eigenvalue weighted by Gasteiger charge is -2.19. The molecule has 0 aliphatic carbocycles. The van der Waals surface area contributed by atoms with Gasteiger partial charge in [0.25, 0.3) is 5.91 Å². The third kappa shape index (κ3) is 5.09. The van der Waals surface area contributed by atoms with Crippen LogP contribution in [0.15, 0.2) is 36.0 Å². The molecule has 0 aliphatic rings. The third-order valence-electron chi connectivity index (χ3n) is 4.15. The first kappa shape index (κ1) is 19.9. The first-order valence-corrected chi connectivity index (χ1v) is 10.2. The fourth-order valence-corrected chi connectivity index (χ4v) is 4.14. The number of benzene rings is 1. The lowest BCUT2D eigenvalue weighted by Crippen LogP contribution is -2.32. The van der Waals surface area contributed by atoms with Crippen LogP contribution in [-0.4, -0.2) is 29.0 Å². The van der Waals surface area contributed by atoms with Crippen LogP contribution in [0, 0.1) is 0 Å². The summed E-state index contributed by atoms with van der Waals surface area (Å²) in [5.41, 5.74) is 0.986. The van der Waals surface area contributed by atoms with Gasteiger partial charge in [0.2, 0.25) is 5.88 Å². The Bertz CT molecular complexity index is 932. The largest absolute Gasteiger partial charge is 0.467 e. The molecule has 142 valence electrons. The number of aromatic nitrogens is 2. The quantitative estimate of drug-likeness (QED) is 0.548. The van der Waals surface area contributed by atoms with Crippen LogP contribution in [0.1, 0.15) is 31.2 Å². The summed E-state index contributed by atoms with van der Waals surface area (Å²) in [7, 11) is 0. The smallest absolute Gasteiger partial charge is 0.258 e. The molecule has 3 aromatic rings. The number of nitrogens with zero attached hydrogens (tertiary/aromatic N) is 2. The number of halogens is 2. The molecule has 1 atom stereocenters. The molecule has 1 N–H and O–H groups in total. The van der Waals surface area contributed by atoms with Crippen molar-refractivity contribution in [2.75, 3.05) is 13.2 Å². The van der Waals surface area contributed by atoms with Gasteiger partial charge in [0.1, 0.15) is 11.2 Å². The summed E-state index contributed by atoms with van der Waals surface area (Å²) in [4.78, 5) is 21.3. The maximum absolute atomic E-state index is 12.2. The van der Waals surface area contributed by atoms with E-state index in [9.17, 15) is 4.79 Å². The molecule has 1 unspecified atom stereocenters. The van der Waals surface area contributed by atoms with Gasteiger partial charge in [0, 0.05) is 22.5 Å². The monoisotopic (exact) mass is 423 g/mol. The van der Waals surface area contributed by atoms with E-state index in [0.717, 1.165) is 28.6 Å². The van der Waals surface area contributed by atoms with Gasteiger partial charge in [-0.2, -0.15) is 0 Å². The SMILES string of the molecule is CCCC(CNC(=O)COc1ncnc2sccc12)c1ccc(Cl)cc1Cl. The Morgan fingerprint density at radius 1 is 1.30 bits per heavy atom. The predicted octanol–water partition coefficient (Wildman–Crippen LogP) is 5.08. The summed E-state index contributed by atoms with van der Waals surface area (Å²) in [6, 6.07) is 7.35. The molecule has 0 aliphatic heterocycles. The van der Waals surface area contributed by atoms with Crippen LogP contribution < -0.4 is 10.1 Å². The number of carbonyl (C=O) groups excluding carboxylic acids is 1. The van der Waals surface area contributed by atoms with Crippen molar-refractivity contribution >= 4 is 50.7 Å². The second kappa shape index (κ2) is 9.35. The third-order valence-corrected chi connectivity index (χ3v) is 5.53. The molecule has 0 fully saturated rings. The number of hydrogen-bond donors (Lipinski definition) is 1. The zero-order valence-electron chi connectivity index (χ0n) is 14.7. The second-order valence-electron chi connectivity index (χ2n) is 6.06. The van der Waals surface area contributed by atoms with E-state index in [1.807, 2.05) is 23.6 Å². The molecule has 0 bridgehead atoms. The number of rotatable bonds is 8. The molecule has 1 aromatic carbocycles. The van der Waals surface area contributed by atoms with E-state index in [4.69, 9.17) is 27.9 Å². The molecule has 2 aromatic heterocycles. The van der Waals surface area contributed by atoms with Crippen molar-refractivity contribution in [2.24, 2.45) is 0 Å². The van der Waals surface area contributed by atoms with Gasteiger partial charge in [-0.05, 0) is 35.6 Å². The Morgan fingerprint density at radius 3 is 2.93 bits per heavy atom. The summed E-state index contributed by atoms with van der Waals surface area (Å²) < 4.78 is 5.58. The minimum absolute atomic E-state index is 0.102. The van der Waals surface area contributed by atoms with Crippen molar-refractivity contribution in [3.05, 3.63) is 51.6 Å². The molecule has 0 spiro atoms. The van der Waals surface area contributed by atoms with Crippen LogP contribution in [0.3, 0.4) is 0 Å². The van der Waals surface area contributed by atoms with Crippen LogP contribution in [-0.2, 0) is 4.79 Å². The minimum Gasteiger partial charge on any atom is -0.467 e. The summed E-state index contributed by atoms with van der Waals surface area (Å²) >= 11 is 13.8. The molecule has 0 radical (unpaired) electrons. The van der Waals surface area contributed by atoms with Crippen molar-refractivity contribution in [3.63, 3.8) is 0 Å². The molecule has 8 heteroatoms. The van der Waals surface area contributed by atoms with Gasteiger partial charge in [-0.3, -0.25) is 4.79 Å². The van der Waals surface area contributed by atoms with Gasteiger partial charge in [-0.1, -0.05) is 42.6 Å². The fourth-order valence-electron chi connectivity index (χ4n) is 2.85. The van der Waals surface area contributed by atoms with E-state index in [0.29, 0.717) is 22.5 Å². The van der Waals surface area contributed by atoms with Crippen LogP contribution in [0.2, 0.25) is 10.0 Å². The Balaban J connectivity index is 1.58. The average molecular weight is 424 g/mol. The molecular weight excluding hydrogens is 405 g/mol. The van der Waals surface area contributed by atoms with Crippen molar-refractivity contribution in [1.29, 1.82) is 0 Å². The van der Waals surface area contributed by atoms with Crippen LogP contribution >= 0.6 is 34.5 Å². The maximum atomic E-state index is 12.2. The predicted molar refractivity (Wildman–Crippen MR) is 110 cm³/mol. The number of nitrogens with one attached hydrogen (secondary N) is 1. The normalized spacial score (nSPS) is 12.1. The Labute approximate surface area is 171 Å². The Morgan fingerprint density at radius 2 is 2.15 bits per heavy atom. The topological polar surface area (TPSA) is 64.1 Å². The summed E-state index contributed by atoms with van der Waals surface area (Å²) in [6.45, 7) is 2.48. The van der Waals surface area contributed by atoms with Gasteiger partial charge >= 0.3 is 0 Å². The van der Waals surface area contributed by atoms with Crippen molar-refractivity contribution in [1.82, 2.24) is 15.3 Å². The summed E-state index contributed by atoms with van der Waals surface area (Å²) in [6.07, 6.45) is 3.32. The van der Waals surface area contributed by atoms with E-state index in [2.05, 4.69) is 22.2 Å². The number of ether oxygens (including phenoxy) is 1. The summed E-state index contributed by atoms with van der Waals surface area (Å²) in [5, 5.41) is 6.87. The molecule has 0 saturated carbocycles. The standard InChI is InChI=1S/C19H19Cl2N3O2S/c1-2-3-12(14-5-4-13(20)8-16(14)21)9-22-17(25)10-26-18-15-6-7-27-19(15)24-11-23-18/h4-8,11-12H,2-3,9-10H2,1H3,(H,22,25). The lowest BCUT2D eigenvalue weighted by atomic mass is 9.94. The highest BCUT2D eigenvalue weighted by molar-refractivity contribution is 7.16. The molecular formula is C19H19Cl2N3O2S. The van der Waals surface area contributed by atoms with Gasteiger partial charge in [0.05, 0.1) is 5.39 Å². The van der Waals surface area contributed by atoms with Crippen LogP contribution in [0.4, 0.5) is 0 Å². The summed E-state index contributed by atoms with van der Waals surface area (Å²) in [5.74, 6) is 0.330. The molecule has 0 saturated heterocycles. The van der Waals surface area contributed by atoms with E-state index in [1.54, 1.807) is 6.07 Å². The first-order chi connectivity index (χ1) is 13.1. The molecule has 3 rings (SSSR count). The maximum Gasteiger partial charge on any atom is 0.258 e. The van der Waals surface area contributed by atoms with E-state index in [-0.39, 0.29) is 18.4 Å². The van der Waals surface area contributed by atoms with Gasteiger partial charge in [-0.25, -0.2) is 9.97 Å².